The standard InChI is InChI=1S/C56H37N5/c1-56(2)44-17-6-5-16-42(44)54-52(56)50(51-40-15-4-3-12-35(40)24-28-49(51)61-54)36-22-20-34(21-23-36)37-13-11-14-38(32-37)43-33-39-25-27-47(45-18-7-9-30-57-45)59-53(39)55-41(43)26-29-48(60-55)46-19-8-10-31-58-46/h3-33H,1-2H3. The minimum Gasteiger partial charge on any atom is -0.255 e. The lowest BCUT2D eigenvalue weighted by Crippen LogP contribution is -2.16. The summed E-state index contributed by atoms with van der Waals surface area (Å²) in [6, 6.07) is 62.3. The number of hydrogen-bond acceptors (Lipinski definition) is 5. The minimum absolute atomic E-state index is 0.224. The van der Waals surface area contributed by atoms with Crippen LogP contribution >= 0.6 is 0 Å². The molecular formula is C56H37N5. The summed E-state index contributed by atoms with van der Waals surface area (Å²) in [5.74, 6) is 0. The maximum atomic E-state index is 5.40. The van der Waals surface area contributed by atoms with Crippen LogP contribution in [0.4, 0.5) is 0 Å². The summed E-state index contributed by atoms with van der Waals surface area (Å²) in [6.45, 7) is 4.70. The van der Waals surface area contributed by atoms with Gasteiger partial charge >= 0.3 is 0 Å². The molecular weight excluding hydrogens is 743 g/mol. The summed E-state index contributed by atoms with van der Waals surface area (Å²) in [7, 11) is 0. The Bertz CT molecular complexity index is 3540. The van der Waals surface area contributed by atoms with Gasteiger partial charge in [-0.25, -0.2) is 15.0 Å². The van der Waals surface area contributed by atoms with Crippen molar-refractivity contribution in [1.82, 2.24) is 24.9 Å². The van der Waals surface area contributed by atoms with E-state index < -0.39 is 0 Å². The quantitative estimate of drug-likeness (QED) is 0.163. The van der Waals surface area contributed by atoms with Crippen molar-refractivity contribution >= 4 is 43.5 Å². The molecule has 0 aliphatic heterocycles. The Morgan fingerprint density at radius 2 is 1.08 bits per heavy atom. The third kappa shape index (κ3) is 5.58. The fourth-order valence-electron chi connectivity index (χ4n) is 9.61. The van der Waals surface area contributed by atoms with Crippen LogP contribution in [0.15, 0.2) is 188 Å². The Morgan fingerprint density at radius 1 is 0.410 bits per heavy atom. The van der Waals surface area contributed by atoms with Crippen LogP contribution in [0.3, 0.4) is 0 Å². The molecule has 5 nitrogen and oxygen atoms in total. The lowest BCUT2D eigenvalue weighted by atomic mass is 9.78. The predicted molar refractivity (Wildman–Crippen MR) is 250 cm³/mol. The van der Waals surface area contributed by atoms with Crippen molar-refractivity contribution in [3.8, 4) is 67.4 Å². The Hall–Kier alpha value is -7.89. The van der Waals surface area contributed by atoms with Gasteiger partial charge in [0.15, 0.2) is 0 Å². The maximum Gasteiger partial charge on any atom is 0.0979 e. The average molecular weight is 780 g/mol. The molecule has 0 fully saturated rings. The number of pyridine rings is 5. The molecule has 286 valence electrons. The molecule has 0 radical (unpaired) electrons. The molecule has 0 N–H and O–H groups in total. The largest absolute Gasteiger partial charge is 0.255 e. The zero-order chi connectivity index (χ0) is 40.7. The van der Waals surface area contributed by atoms with Gasteiger partial charge in [0.05, 0.1) is 45.0 Å². The van der Waals surface area contributed by atoms with Gasteiger partial charge in [0.25, 0.3) is 0 Å². The number of nitrogens with zero attached hydrogens (tertiary/aromatic N) is 5. The molecule has 1 aliphatic rings. The van der Waals surface area contributed by atoms with Crippen LogP contribution in [0.25, 0.3) is 111 Å². The van der Waals surface area contributed by atoms with Crippen molar-refractivity contribution in [3.05, 3.63) is 199 Å². The monoisotopic (exact) mass is 779 g/mol. The Morgan fingerprint density at radius 3 is 1.87 bits per heavy atom. The molecule has 61 heavy (non-hydrogen) atoms. The van der Waals surface area contributed by atoms with E-state index in [4.69, 9.17) is 15.0 Å². The van der Waals surface area contributed by atoms with Crippen molar-refractivity contribution in [3.63, 3.8) is 0 Å². The summed E-state index contributed by atoms with van der Waals surface area (Å²) in [6.07, 6.45) is 3.60. The molecule has 0 saturated carbocycles. The first-order valence-electron chi connectivity index (χ1n) is 20.7. The zero-order valence-electron chi connectivity index (χ0n) is 33.6. The van der Waals surface area contributed by atoms with E-state index in [-0.39, 0.29) is 5.41 Å². The van der Waals surface area contributed by atoms with Gasteiger partial charge < -0.3 is 0 Å². The molecule has 0 saturated heterocycles. The molecule has 1 aliphatic carbocycles. The van der Waals surface area contributed by atoms with E-state index in [2.05, 4.69) is 157 Å². The van der Waals surface area contributed by atoms with Crippen LogP contribution in [0.2, 0.25) is 0 Å². The van der Waals surface area contributed by atoms with Gasteiger partial charge in [0.2, 0.25) is 0 Å². The van der Waals surface area contributed by atoms with E-state index in [1.807, 2.05) is 42.5 Å². The second-order valence-electron chi connectivity index (χ2n) is 16.4. The van der Waals surface area contributed by atoms with Crippen LogP contribution in [0, 0.1) is 0 Å². The highest BCUT2D eigenvalue weighted by molar-refractivity contribution is 6.16. The maximum absolute atomic E-state index is 5.40. The van der Waals surface area contributed by atoms with E-state index in [1.165, 1.54) is 44.0 Å². The molecule has 0 amide bonds. The molecule has 0 bridgehead atoms. The van der Waals surface area contributed by atoms with Gasteiger partial charge in [-0.1, -0.05) is 129 Å². The second-order valence-corrected chi connectivity index (χ2v) is 16.4. The molecule has 5 aromatic heterocycles. The SMILES string of the molecule is CC1(C)c2ccccc2-c2nc3ccc4ccccc4c3c(-c3ccc(-c4cccc(-c5cc6ccc(-c7ccccn7)nc6c6nc(-c7ccccn7)ccc56)c4)cc3)c21. The molecule has 11 aromatic rings. The Balaban J connectivity index is 1.00. The van der Waals surface area contributed by atoms with E-state index in [0.29, 0.717) is 0 Å². The smallest absolute Gasteiger partial charge is 0.0979 e. The molecule has 5 heterocycles. The first-order valence-corrected chi connectivity index (χ1v) is 20.7. The summed E-state index contributed by atoms with van der Waals surface area (Å²) >= 11 is 0. The third-order valence-electron chi connectivity index (χ3n) is 12.5. The highest BCUT2D eigenvalue weighted by Crippen LogP contribution is 2.54. The zero-order valence-corrected chi connectivity index (χ0v) is 33.6. The predicted octanol–water partition coefficient (Wildman–Crippen LogP) is 13.9. The van der Waals surface area contributed by atoms with Crippen LogP contribution in [-0.4, -0.2) is 24.9 Å². The lowest BCUT2D eigenvalue weighted by molar-refractivity contribution is 0.662. The highest BCUT2D eigenvalue weighted by Gasteiger charge is 2.39. The highest BCUT2D eigenvalue weighted by atomic mass is 14.8. The van der Waals surface area contributed by atoms with Crippen molar-refractivity contribution < 1.29 is 0 Å². The van der Waals surface area contributed by atoms with Gasteiger partial charge in [0.1, 0.15) is 0 Å². The van der Waals surface area contributed by atoms with E-state index in [9.17, 15) is 0 Å². The van der Waals surface area contributed by atoms with Gasteiger partial charge in [-0.15, -0.1) is 0 Å². The second kappa shape index (κ2) is 13.6. The molecule has 0 atom stereocenters. The van der Waals surface area contributed by atoms with Crippen molar-refractivity contribution in [1.29, 1.82) is 0 Å². The fraction of sp³-hybridized carbons (Fsp3) is 0.0536. The van der Waals surface area contributed by atoms with Crippen LogP contribution in [0.5, 0.6) is 0 Å². The Kier molecular flexibility index (Phi) is 7.81. The molecule has 12 rings (SSSR count). The van der Waals surface area contributed by atoms with Crippen molar-refractivity contribution in [2.24, 2.45) is 0 Å². The Labute approximate surface area is 353 Å². The molecule has 0 unspecified atom stereocenters. The summed E-state index contributed by atoms with van der Waals surface area (Å²) in [4.78, 5) is 25.0. The third-order valence-corrected chi connectivity index (χ3v) is 12.5. The molecule has 5 heteroatoms. The van der Waals surface area contributed by atoms with Gasteiger partial charge in [-0.3, -0.25) is 9.97 Å². The summed E-state index contributed by atoms with van der Waals surface area (Å²) in [5, 5.41) is 5.68. The van der Waals surface area contributed by atoms with E-state index >= 15 is 0 Å². The van der Waals surface area contributed by atoms with E-state index in [1.54, 1.807) is 12.4 Å². The van der Waals surface area contributed by atoms with Crippen LogP contribution in [0.1, 0.15) is 25.0 Å². The van der Waals surface area contributed by atoms with Crippen LogP contribution < -0.4 is 0 Å². The normalized spacial score (nSPS) is 12.9. The van der Waals surface area contributed by atoms with Crippen LogP contribution in [-0.2, 0) is 5.41 Å². The summed E-state index contributed by atoms with van der Waals surface area (Å²) in [5.41, 5.74) is 17.6. The van der Waals surface area contributed by atoms with Gasteiger partial charge in [-0.2, -0.15) is 0 Å². The van der Waals surface area contributed by atoms with Crippen molar-refractivity contribution in [2.45, 2.75) is 19.3 Å². The number of aromatic nitrogens is 5. The van der Waals surface area contributed by atoms with Gasteiger partial charge in [-0.05, 0) is 116 Å². The minimum atomic E-state index is -0.224. The topological polar surface area (TPSA) is 64.5 Å². The number of rotatable bonds is 5. The van der Waals surface area contributed by atoms with E-state index in [0.717, 1.165) is 78.0 Å². The lowest BCUT2D eigenvalue weighted by Gasteiger charge is -2.25. The number of fused-ring (bicyclic) bond motifs is 9. The summed E-state index contributed by atoms with van der Waals surface area (Å²) < 4.78 is 0. The fourth-order valence-corrected chi connectivity index (χ4v) is 9.61. The average Bonchev–Trinajstić information content (AvgIpc) is 3.56. The molecule has 0 spiro atoms. The first kappa shape index (κ1) is 35.1. The number of hydrogen-bond donors (Lipinski definition) is 0. The first-order chi connectivity index (χ1) is 30.0. The van der Waals surface area contributed by atoms with Crippen molar-refractivity contribution in [2.75, 3.05) is 0 Å². The molecule has 6 aromatic carbocycles. The van der Waals surface area contributed by atoms with Gasteiger partial charge in [0, 0.05) is 39.5 Å². The number of benzene rings is 6.